The van der Waals surface area contributed by atoms with Crippen molar-refractivity contribution in [3.63, 3.8) is 0 Å². The highest BCUT2D eigenvalue weighted by Gasteiger charge is 2.39. The van der Waals surface area contributed by atoms with Gasteiger partial charge in [0.2, 0.25) is 0 Å². The predicted molar refractivity (Wildman–Crippen MR) is 108 cm³/mol. The molecule has 0 saturated carbocycles. The first kappa shape index (κ1) is 21.9. The average molecular weight is 386 g/mol. The number of ether oxygens (including phenoxy) is 2. The summed E-state index contributed by atoms with van der Waals surface area (Å²) in [5, 5.41) is 4.59. The van der Waals surface area contributed by atoms with Crippen LogP contribution in [0.3, 0.4) is 0 Å². The highest BCUT2D eigenvalue weighted by atomic mass is 28.4. The van der Waals surface area contributed by atoms with Gasteiger partial charge in [0.15, 0.2) is 14.1 Å². The predicted octanol–water partition coefficient (Wildman–Crippen LogP) is 5.26. The lowest BCUT2D eigenvalue weighted by atomic mass is 9.96. The van der Waals surface area contributed by atoms with Crippen LogP contribution in [-0.2, 0) is 18.7 Å². The second kappa shape index (κ2) is 9.17. The summed E-state index contributed by atoms with van der Waals surface area (Å²) >= 11 is 0. The smallest absolute Gasteiger partial charge is 0.191 e. The molecule has 2 rings (SSSR count). The minimum Gasteiger partial charge on any atom is -0.417 e. The summed E-state index contributed by atoms with van der Waals surface area (Å²) < 4.78 is 17.8. The van der Waals surface area contributed by atoms with Crippen molar-refractivity contribution in [1.82, 2.24) is 0 Å². The molecule has 1 fully saturated rings. The van der Waals surface area contributed by atoms with E-state index >= 15 is 0 Å². The first-order valence-corrected chi connectivity index (χ1v) is 13.1. The third-order valence-electron chi connectivity index (χ3n) is 6.15. The molecule has 2 atom stereocenters. The molecule has 152 valence electrons. The standard InChI is InChI=1S/C20H39NO4Si/c1-19(2,3)26(5,6)24-14-9-7-11-17-15-18(25-21-17)16-20(22-4)12-8-10-13-23-20/h18H,7-16H2,1-6H3. The topological polar surface area (TPSA) is 49.3 Å². The normalized spacial score (nSPS) is 27.3. The first-order chi connectivity index (χ1) is 12.2. The van der Waals surface area contributed by atoms with Crippen LogP contribution in [-0.4, -0.2) is 46.2 Å². The molecule has 2 aliphatic rings. The average Bonchev–Trinajstić information content (AvgIpc) is 3.01. The molecule has 0 aromatic heterocycles. The maximum atomic E-state index is 6.24. The number of methoxy groups -OCH3 is 1. The molecule has 26 heavy (non-hydrogen) atoms. The van der Waals surface area contributed by atoms with Gasteiger partial charge >= 0.3 is 0 Å². The maximum Gasteiger partial charge on any atom is 0.191 e. The number of oxime groups is 1. The van der Waals surface area contributed by atoms with E-state index in [2.05, 4.69) is 39.0 Å². The Labute approximate surface area is 160 Å². The zero-order valence-electron chi connectivity index (χ0n) is 17.7. The molecule has 0 N–H and O–H groups in total. The van der Waals surface area contributed by atoms with Gasteiger partial charge < -0.3 is 18.7 Å². The molecule has 0 aliphatic carbocycles. The quantitative estimate of drug-likeness (QED) is 0.401. The van der Waals surface area contributed by atoms with Gasteiger partial charge in [-0.3, -0.25) is 0 Å². The molecule has 5 nitrogen and oxygen atoms in total. The van der Waals surface area contributed by atoms with Crippen LogP contribution in [0.1, 0.15) is 72.1 Å². The van der Waals surface area contributed by atoms with E-state index in [0.717, 1.165) is 64.6 Å². The fraction of sp³-hybridized carbons (Fsp3) is 0.950. The van der Waals surface area contributed by atoms with Gasteiger partial charge in [0, 0.05) is 33.0 Å². The van der Waals surface area contributed by atoms with E-state index < -0.39 is 14.1 Å². The van der Waals surface area contributed by atoms with E-state index in [1.54, 1.807) is 7.11 Å². The molecule has 2 aliphatic heterocycles. The highest BCUT2D eigenvalue weighted by molar-refractivity contribution is 6.74. The SMILES string of the molecule is COC1(CC2CC(CCCCO[Si](C)(C)C(C)(C)C)=NO2)CCCCO1. The Balaban J connectivity index is 1.64. The Bertz CT molecular complexity index is 467. The van der Waals surface area contributed by atoms with Gasteiger partial charge in [-0.25, -0.2) is 0 Å². The summed E-state index contributed by atoms with van der Waals surface area (Å²) in [5.74, 6) is -0.467. The van der Waals surface area contributed by atoms with E-state index in [0.29, 0.717) is 0 Å². The number of rotatable bonds is 9. The van der Waals surface area contributed by atoms with Crippen LogP contribution in [0.4, 0.5) is 0 Å². The van der Waals surface area contributed by atoms with Gasteiger partial charge in [-0.15, -0.1) is 0 Å². The van der Waals surface area contributed by atoms with Crippen LogP contribution in [0.2, 0.25) is 18.1 Å². The van der Waals surface area contributed by atoms with Crippen LogP contribution in [0.15, 0.2) is 5.16 Å². The maximum absolute atomic E-state index is 6.24. The second-order valence-corrected chi connectivity index (χ2v) is 14.1. The fourth-order valence-corrected chi connectivity index (χ4v) is 4.39. The monoisotopic (exact) mass is 385 g/mol. The van der Waals surface area contributed by atoms with Crippen molar-refractivity contribution in [2.24, 2.45) is 5.16 Å². The van der Waals surface area contributed by atoms with E-state index in [4.69, 9.17) is 18.7 Å². The Morgan fingerprint density at radius 1 is 1.23 bits per heavy atom. The van der Waals surface area contributed by atoms with Crippen molar-refractivity contribution in [2.45, 2.75) is 102 Å². The zero-order chi connectivity index (χ0) is 19.3. The van der Waals surface area contributed by atoms with Crippen LogP contribution < -0.4 is 0 Å². The van der Waals surface area contributed by atoms with Gasteiger partial charge in [0.25, 0.3) is 0 Å². The summed E-state index contributed by atoms with van der Waals surface area (Å²) in [6.07, 6.45) is 8.17. The number of nitrogens with zero attached hydrogens (tertiary/aromatic N) is 1. The molecule has 0 bridgehead atoms. The number of hydrogen-bond acceptors (Lipinski definition) is 5. The third kappa shape index (κ3) is 6.04. The Morgan fingerprint density at radius 2 is 2.00 bits per heavy atom. The first-order valence-electron chi connectivity index (χ1n) is 10.2. The molecule has 1 saturated heterocycles. The van der Waals surface area contributed by atoms with E-state index in [-0.39, 0.29) is 11.1 Å². The summed E-state index contributed by atoms with van der Waals surface area (Å²) in [6, 6.07) is 0. The summed E-state index contributed by atoms with van der Waals surface area (Å²) in [4.78, 5) is 5.65. The van der Waals surface area contributed by atoms with Gasteiger partial charge in [0.1, 0.15) is 6.10 Å². The molecule has 0 aromatic carbocycles. The molecule has 0 spiro atoms. The minimum absolute atomic E-state index is 0.0894. The van der Waals surface area contributed by atoms with Crippen molar-refractivity contribution in [2.75, 3.05) is 20.3 Å². The van der Waals surface area contributed by atoms with E-state index in [1.807, 2.05) is 0 Å². The summed E-state index contributed by atoms with van der Waals surface area (Å²) in [5.41, 5.74) is 1.17. The Hall–Kier alpha value is -0.433. The minimum atomic E-state index is -1.62. The lowest BCUT2D eigenvalue weighted by Gasteiger charge is -2.36. The lowest BCUT2D eigenvalue weighted by Crippen LogP contribution is -2.41. The molecule has 0 amide bonds. The molecule has 2 unspecified atom stereocenters. The molecular weight excluding hydrogens is 346 g/mol. The fourth-order valence-electron chi connectivity index (χ4n) is 3.30. The van der Waals surface area contributed by atoms with Crippen molar-refractivity contribution in [1.29, 1.82) is 0 Å². The summed E-state index contributed by atoms with van der Waals surface area (Å²) in [6.45, 7) is 13.1. The van der Waals surface area contributed by atoms with Crippen LogP contribution in [0.25, 0.3) is 0 Å². The molecule has 2 heterocycles. The highest BCUT2D eigenvalue weighted by Crippen LogP contribution is 2.37. The van der Waals surface area contributed by atoms with E-state index in [9.17, 15) is 0 Å². The van der Waals surface area contributed by atoms with E-state index in [1.165, 1.54) is 5.71 Å². The Kier molecular flexibility index (Phi) is 7.71. The van der Waals surface area contributed by atoms with Crippen molar-refractivity contribution in [3.05, 3.63) is 0 Å². The molecule has 6 heteroatoms. The van der Waals surface area contributed by atoms with Crippen molar-refractivity contribution < 1.29 is 18.7 Å². The van der Waals surface area contributed by atoms with Crippen molar-refractivity contribution >= 4 is 14.0 Å². The Morgan fingerprint density at radius 3 is 2.62 bits per heavy atom. The van der Waals surface area contributed by atoms with Gasteiger partial charge in [0.05, 0.1) is 12.3 Å². The second-order valence-electron chi connectivity index (χ2n) is 9.28. The van der Waals surface area contributed by atoms with Crippen LogP contribution in [0.5, 0.6) is 0 Å². The number of unbranched alkanes of at least 4 members (excludes halogenated alkanes) is 1. The number of hydrogen-bond donors (Lipinski definition) is 0. The zero-order valence-corrected chi connectivity index (χ0v) is 18.7. The molecule has 0 aromatic rings. The van der Waals surface area contributed by atoms with Crippen LogP contribution in [0, 0.1) is 0 Å². The van der Waals surface area contributed by atoms with Crippen LogP contribution >= 0.6 is 0 Å². The molecular formula is C20H39NO4Si. The third-order valence-corrected chi connectivity index (χ3v) is 10.7. The van der Waals surface area contributed by atoms with Crippen molar-refractivity contribution in [3.8, 4) is 0 Å². The van der Waals surface area contributed by atoms with Gasteiger partial charge in [-0.05, 0) is 50.2 Å². The lowest BCUT2D eigenvalue weighted by molar-refractivity contribution is -0.256. The summed E-state index contributed by atoms with van der Waals surface area (Å²) in [7, 11) is 0.123. The van der Waals surface area contributed by atoms with Gasteiger partial charge in [-0.1, -0.05) is 25.9 Å². The molecule has 0 radical (unpaired) electrons. The van der Waals surface area contributed by atoms with Gasteiger partial charge in [-0.2, -0.15) is 0 Å². The largest absolute Gasteiger partial charge is 0.417 e.